The van der Waals surface area contributed by atoms with E-state index >= 15 is 0 Å². The molecule has 1 fully saturated rings. The average Bonchev–Trinajstić information content (AvgIpc) is 2.45. The van der Waals surface area contributed by atoms with Crippen LogP contribution in [-0.4, -0.2) is 47.6 Å². The van der Waals surface area contributed by atoms with Gasteiger partial charge in [0.05, 0.1) is 11.1 Å². The van der Waals surface area contributed by atoms with Crippen LogP contribution in [-0.2, 0) is 11.0 Å². The van der Waals surface area contributed by atoms with Crippen LogP contribution in [0.25, 0.3) is 0 Å². The number of nitrogens with one attached hydrogen (secondary N) is 1. The molecule has 8 heteroatoms. The largest absolute Gasteiger partial charge is 0.480 e. The first-order valence-corrected chi connectivity index (χ1v) is 6.23. The van der Waals surface area contributed by atoms with Crippen molar-refractivity contribution < 1.29 is 27.9 Å². The van der Waals surface area contributed by atoms with Crippen LogP contribution in [0.4, 0.5) is 13.2 Å². The second-order valence-corrected chi connectivity index (χ2v) is 4.60. The monoisotopic (exact) mass is 302 g/mol. The molecule has 2 rings (SSSR count). The van der Waals surface area contributed by atoms with Gasteiger partial charge in [-0.15, -0.1) is 0 Å². The van der Waals surface area contributed by atoms with Gasteiger partial charge in [0, 0.05) is 19.6 Å². The fourth-order valence-corrected chi connectivity index (χ4v) is 2.24. The number of rotatable bonds is 2. The molecule has 1 aliphatic rings. The third-order valence-electron chi connectivity index (χ3n) is 3.25. The highest BCUT2D eigenvalue weighted by Crippen LogP contribution is 2.32. The first-order valence-electron chi connectivity index (χ1n) is 6.23. The minimum atomic E-state index is -4.67. The summed E-state index contributed by atoms with van der Waals surface area (Å²) in [6.07, 6.45) is -4.67. The summed E-state index contributed by atoms with van der Waals surface area (Å²) in [7, 11) is 0. The third kappa shape index (κ3) is 3.15. The number of nitrogens with zero attached hydrogens (tertiary/aromatic N) is 1. The van der Waals surface area contributed by atoms with Crippen LogP contribution in [0.15, 0.2) is 24.3 Å². The Balaban J connectivity index is 2.37. The number of piperazine rings is 1. The number of alkyl halides is 3. The lowest BCUT2D eigenvalue weighted by molar-refractivity contribution is -0.142. The molecule has 5 nitrogen and oxygen atoms in total. The van der Waals surface area contributed by atoms with E-state index in [-0.39, 0.29) is 13.1 Å². The number of hydrogen-bond donors (Lipinski definition) is 2. The van der Waals surface area contributed by atoms with Gasteiger partial charge in [0.1, 0.15) is 6.04 Å². The molecule has 1 aliphatic heterocycles. The molecule has 1 atom stereocenters. The molecule has 0 radical (unpaired) electrons. The lowest BCUT2D eigenvalue weighted by atomic mass is 10.0. The topological polar surface area (TPSA) is 69.6 Å². The van der Waals surface area contributed by atoms with Crippen molar-refractivity contribution in [1.29, 1.82) is 0 Å². The van der Waals surface area contributed by atoms with Gasteiger partial charge in [0.25, 0.3) is 5.91 Å². The van der Waals surface area contributed by atoms with Gasteiger partial charge in [-0.3, -0.25) is 4.79 Å². The predicted molar refractivity (Wildman–Crippen MR) is 66.8 cm³/mol. The molecule has 1 saturated heterocycles. The Labute approximate surface area is 118 Å². The van der Waals surface area contributed by atoms with E-state index < -0.39 is 35.2 Å². The highest BCUT2D eigenvalue weighted by Gasteiger charge is 2.38. The number of halogens is 3. The second-order valence-electron chi connectivity index (χ2n) is 4.60. The summed E-state index contributed by atoms with van der Waals surface area (Å²) >= 11 is 0. The summed E-state index contributed by atoms with van der Waals surface area (Å²) in [5.41, 5.74) is -1.59. The van der Waals surface area contributed by atoms with E-state index in [1.165, 1.54) is 12.1 Å². The van der Waals surface area contributed by atoms with E-state index in [2.05, 4.69) is 5.32 Å². The number of carboxylic acids is 1. The van der Waals surface area contributed by atoms with Crippen molar-refractivity contribution in [3.63, 3.8) is 0 Å². The zero-order chi connectivity index (χ0) is 15.6. The highest BCUT2D eigenvalue weighted by atomic mass is 19.4. The van der Waals surface area contributed by atoms with E-state index in [1.54, 1.807) is 0 Å². The number of carbonyl (C=O) groups excluding carboxylic acids is 1. The molecule has 0 spiro atoms. The smallest absolute Gasteiger partial charge is 0.417 e. The number of carbonyl (C=O) groups is 2. The van der Waals surface area contributed by atoms with Crippen LogP contribution in [0, 0.1) is 0 Å². The summed E-state index contributed by atoms with van der Waals surface area (Å²) in [6.45, 7) is 0.390. The van der Waals surface area contributed by atoms with Crippen LogP contribution in [0.2, 0.25) is 0 Å². The molecular formula is C13H13F3N2O3. The number of amides is 1. The lowest BCUT2D eigenvalue weighted by Gasteiger charge is -2.34. The molecule has 1 amide bonds. The normalized spacial score (nSPS) is 19.4. The molecule has 0 aromatic heterocycles. The summed E-state index contributed by atoms with van der Waals surface area (Å²) in [6, 6.07) is 3.21. The van der Waals surface area contributed by atoms with Crippen LogP contribution in [0.1, 0.15) is 15.9 Å². The molecule has 1 aromatic rings. The number of benzene rings is 1. The fraction of sp³-hybridized carbons (Fsp3) is 0.385. The minimum absolute atomic E-state index is 0.00918. The Bertz CT molecular complexity index is 560. The van der Waals surface area contributed by atoms with Gasteiger partial charge in [-0.25, -0.2) is 4.79 Å². The first kappa shape index (κ1) is 15.3. The van der Waals surface area contributed by atoms with Crippen molar-refractivity contribution in [3.8, 4) is 0 Å². The maximum absolute atomic E-state index is 12.9. The van der Waals surface area contributed by atoms with Crippen LogP contribution < -0.4 is 5.32 Å². The van der Waals surface area contributed by atoms with Crippen molar-refractivity contribution in [2.75, 3.05) is 19.6 Å². The lowest BCUT2D eigenvalue weighted by Crippen LogP contribution is -2.57. The molecule has 0 aliphatic carbocycles. The van der Waals surface area contributed by atoms with E-state index in [4.69, 9.17) is 5.11 Å². The second kappa shape index (κ2) is 5.72. The Kier molecular flexibility index (Phi) is 4.17. The van der Waals surface area contributed by atoms with E-state index in [9.17, 15) is 22.8 Å². The molecule has 1 unspecified atom stereocenters. The van der Waals surface area contributed by atoms with Gasteiger partial charge in [-0.05, 0) is 12.1 Å². The maximum atomic E-state index is 12.9. The van der Waals surface area contributed by atoms with E-state index in [1.807, 2.05) is 0 Å². The Morgan fingerprint density at radius 1 is 1.29 bits per heavy atom. The van der Waals surface area contributed by atoms with Crippen molar-refractivity contribution in [2.24, 2.45) is 0 Å². The van der Waals surface area contributed by atoms with E-state index in [0.717, 1.165) is 17.0 Å². The van der Waals surface area contributed by atoms with Crippen molar-refractivity contribution in [3.05, 3.63) is 35.4 Å². The van der Waals surface area contributed by atoms with Gasteiger partial charge in [-0.2, -0.15) is 13.2 Å². The van der Waals surface area contributed by atoms with Crippen LogP contribution in [0.5, 0.6) is 0 Å². The number of hydrogen-bond acceptors (Lipinski definition) is 3. The quantitative estimate of drug-likeness (QED) is 0.861. The van der Waals surface area contributed by atoms with Gasteiger partial charge in [-0.1, -0.05) is 12.1 Å². The van der Waals surface area contributed by atoms with Crippen molar-refractivity contribution in [2.45, 2.75) is 12.2 Å². The molecule has 1 heterocycles. The summed E-state index contributed by atoms with van der Waals surface area (Å²) in [4.78, 5) is 24.4. The Morgan fingerprint density at radius 2 is 1.95 bits per heavy atom. The fourth-order valence-electron chi connectivity index (χ4n) is 2.24. The van der Waals surface area contributed by atoms with Gasteiger partial charge in [0.15, 0.2) is 0 Å². The molecule has 0 saturated carbocycles. The Hall–Kier alpha value is -2.09. The van der Waals surface area contributed by atoms with Gasteiger partial charge >= 0.3 is 12.1 Å². The first-order chi connectivity index (χ1) is 9.82. The zero-order valence-corrected chi connectivity index (χ0v) is 10.9. The summed E-state index contributed by atoms with van der Waals surface area (Å²) in [5.74, 6) is -2.17. The van der Waals surface area contributed by atoms with Gasteiger partial charge in [0.2, 0.25) is 0 Å². The third-order valence-corrected chi connectivity index (χ3v) is 3.25. The maximum Gasteiger partial charge on any atom is 0.417 e. The van der Waals surface area contributed by atoms with Crippen LogP contribution >= 0.6 is 0 Å². The van der Waals surface area contributed by atoms with Crippen molar-refractivity contribution in [1.82, 2.24) is 10.2 Å². The summed E-state index contributed by atoms with van der Waals surface area (Å²) in [5, 5.41) is 11.9. The average molecular weight is 302 g/mol. The highest BCUT2D eigenvalue weighted by molar-refractivity contribution is 5.98. The molecular weight excluding hydrogens is 289 g/mol. The standard InChI is InChI=1S/C13H13F3N2O3/c14-13(15,16)9-4-2-1-3-8(9)11(19)18-6-5-17-7-10(18)12(20)21/h1-4,10,17H,5-7H2,(H,20,21). The molecule has 2 N–H and O–H groups in total. The molecule has 114 valence electrons. The molecule has 0 bridgehead atoms. The van der Waals surface area contributed by atoms with Gasteiger partial charge < -0.3 is 15.3 Å². The zero-order valence-electron chi connectivity index (χ0n) is 10.9. The predicted octanol–water partition coefficient (Wildman–Crippen LogP) is 1.20. The summed E-state index contributed by atoms with van der Waals surface area (Å²) < 4.78 is 38.8. The minimum Gasteiger partial charge on any atom is -0.480 e. The van der Waals surface area contributed by atoms with Crippen LogP contribution in [0.3, 0.4) is 0 Å². The Morgan fingerprint density at radius 3 is 2.57 bits per heavy atom. The SMILES string of the molecule is O=C(O)C1CNCCN1C(=O)c1ccccc1C(F)(F)F. The molecule has 1 aromatic carbocycles. The number of carboxylic acid groups (broad SMARTS) is 1. The molecule has 21 heavy (non-hydrogen) atoms. The van der Waals surface area contributed by atoms with E-state index in [0.29, 0.717) is 6.54 Å². The number of aliphatic carboxylic acids is 1. The van der Waals surface area contributed by atoms with Crippen molar-refractivity contribution >= 4 is 11.9 Å².